The maximum atomic E-state index is 7.66. The second-order valence-corrected chi connectivity index (χ2v) is 3.69. The van der Waals surface area contributed by atoms with Crippen molar-refractivity contribution >= 4 is 5.90 Å². The van der Waals surface area contributed by atoms with Crippen LogP contribution in [0.1, 0.15) is 17.0 Å². The van der Waals surface area contributed by atoms with Gasteiger partial charge in [-0.05, 0) is 18.1 Å². The first kappa shape index (κ1) is 10.8. The fourth-order valence-electron chi connectivity index (χ4n) is 2.10. The van der Waals surface area contributed by atoms with E-state index in [4.69, 9.17) is 19.6 Å². The van der Waals surface area contributed by atoms with Crippen molar-refractivity contribution in [3.8, 4) is 11.5 Å². The molecule has 2 rings (SSSR count). The highest BCUT2D eigenvalue weighted by Crippen LogP contribution is 2.45. The summed E-state index contributed by atoms with van der Waals surface area (Å²) in [5.41, 5.74) is 2.22. The minimum Gasteiger partial charge on any atom is -0.493 e. The fraction of sp³-hybridized carbons (Fsp3) is 0.417. The second-order valence-electron chi connectivity index (χ2n) is 3.69. The number of ether oxygens (including phenoxy) is 3. The number of rotatable bonds is 3. The van der Waals surface area contributed by atoms with Gasteiger partial charge in [0.2, 0.25) is 0 Å². The highest BCUT2D eigenvalue weighted by molar-refractivity contribution is 5.85. The fourth-order valence-corrected chi connectivity index (χ4v) is 2.10. The van der Waals surface area contributed by atoms with Crippen LogP contribution >= 0.6 is 0 Å². The highest BCUT2D eigenvalue weighted by atomic mass is 16.5. The van der Waals surface area contributed by atoms with E-state index in [1.54, 1.807) is 14.2 Å². The lowest BCUT2D eigenvalue weighted by Gasteiger charge is -2.31. The molecule has 0 aromatic heterocycles. The standard InChI is InChI=1S/C12H15NO3/c1-14-10-5-4-7-8(11(10)15-2)6-9(7)12(13)16-3/h4-5,9,13H,6H2,1-3H3. The van der Waals surface area contributed by atoms with E-state index in [9.17, 15) is 0 Å². The van der Waals surface area contributed by atoms with Gasteiger partial charge in [-0.3, -0.25) is 5.41 Å². The molecular formula is C12H15NO3. The molecule has 0 saturated heterocycles. The van der Waals surface area contributed by atoms with E-state index in [1.165, 1.54) is 7.11 Å². The average molecular weight is 221 g/mol. The topological polar surface area (TPSA) is 51.5 Å². The summed E-state index contributed by atoms with van der Waals surface area (Å²) in [6.45, 7) is 0. The van der Waals surface area contributed by atoms with Crippen molar-refractivity contribution in [3.05, 3.63) is 23.3 Å². The quantitative estimate of drug-likeness (QED) is 0.627. The summed E-state index contributed by atoms with van der Waals surface area (Å²) < 4.78 is 15.5. The summed E-state index contributed by atoms with van der Waals surface area (Å²) in [7, 11) is 4.78. The number of fused-ring (bicyclic) bond motifs is 1. The van der Waals surface area contributed by atoms with Crippen LogP contribution in [-0.2, 0) is 11.2 Å². The molecule has 1 aliphatic carbocycles. The van der Waals surface area contributed by atoms with Crippen molar-refractivity contribution < 1.29 is 14.2 Å². The van der Waals surface area contributed by atoms with Gasteiger partial charge in [-0.1, -0.05) is 6.07 Å². The van der Waals surface area contributed by atoms with Gasteiger partial charge in [0.05, 0.1) is 27.2 Å². The van der Waals surface area contributed by atoms with Crippen LogP contribution in [0.25, 0.3) is 0 Å². The molecule has 0 amide bonds. The third-order valence-electron chi connectivity index (χ3n) is 3.00. The van der Waals surface area contributed by atoms with Gasteiger partial charge in [0.15, 0.2) is 17.4 Å². The number of methoxy groups -OCH3 is 3. The molecule has 16 heavy (non-hydrogen) atoms. The number of benzene rings is 1. The summed E-state index contributed by atoms with van der Waals surface area (Å²) in [4.78, 5) is 0. The Balaban J connectivity index is 2.37. The minimum absolute atomic E-state index is 0.0693. The van der Waals surface area contributed by atoms with E-state index in [0.717, 1.165) is 29.0 Å². The number of hydrogen-bond acceptors (Lipinski definition) is 4. The Morgan fingerprint density at radius 2 is 2.00 bits per heavy atom. The molecule has 0 aliphatic heterocycles. The van der Waals surface area contributed by atoms with Crippen LogP contribution in [-0.4, -0.2) is 27.2 Å². The van der Waals surface area contributed by atoms with Crippen molar-refractivity contribution in [3.63, 3.8) is 0 Å². The van der Waals surface area contributed by atoms with Crippen molar-refractivity contribution in [1.82, 2.24) is 0 Å². The van der Waals surface area contributed by atoms with Crippen LogP contribution in [0.4, 0.5) is 0 Å². The van der Waals surface area contributed by atoms with Crippen LogP contribution in [0.3, 0.4) is 0 Å². The Morgan fingerprint density at radius 3 is 2.56 bits per heavy atom. The van der Waals surface area contributed by atoms with E-state index >= 15 is 0 Å². The second kappa shape index (κ2) is 4.04. The Hall–Kier alpha value is -1.71. The molecule has 1 unspecified atom stereocenters. The van der Waals surface area contributed by atoms with Gasteiger partial charge in [-0.2, -0.15) is 0 Å². The van der Waals surface area contributed by atoms with Gasteiger partial charge < -0.3 is 14.2 Å². The van der Waals surface area contributed by atoms with Gasteiger partial charge in [0.1, 0.15) is 0 Å². The highest BCUT2D eigenvalue weighted by Gasteiger charge is 2.34. The third-order valence-corrected chi connectivity index (χ3v) is 3.00. The summed E-state index contributed by atoms with van der Waals surface area (Å²) >= 11 is 0. The van der Waals surface area contributed by atoms with Gasteiger partial charge in [0.25, 0.3) is 0 Å². The summed E-state index contributed by atoms with van der Waals surface area (Å²) in [6, 6.07) is 3.84. The first-order chi connectivity index (χ1) is 7.72. The molecule has 1 aromatic carbocycles. The summed E-state index contributed by atoms with van der Waals surface area (Å²) in [5, 5.41) is 7.66. The number of nitrogens with one attached hydrogen (secondary N) is 1. The van der Waals surface area contributed by atoms with Gasteiger partial charge in [-0.15, -0.1) is 0 Å². The zero-order chi connectivity index (χ0) is 11.7. The average Bonchev–Trinajstić information content (AvgIpc) is 2.29. The molecule has 4 heteroatoms. The molecule has 0 heterocycles. The van der Waals surface area contributed by atoms with Crippen molar-refractivity contribution in [2.75, 3.05) is 21.3 Å². The van der Waals surface area contributed by atoms with Crippen molar-refractivity contribution in [2.45, 2.75) is 12.3 Å². The minimum atomic E-state index is 0.0693. The summed E-state index contributed by atoms with van der Waals surface area (Å²) in [6.07, 6.45) is 0.780. The molecule has 1 N–H and O–H groups in total. The predicted octanol–water partition coefficient (Wildman–Crippen LogP) is 1.97. The smallest absolute Gasteiger partial charge is 0.188 e. The molecule has 0 fully saturated rings. The van der Waals surface area contributed by atoms with Crippen LogP contribution < -0.4 is 9.47 Å². The Kier molecular flexibility index (Phi) is 2.73. The van der Waals surface area contributed by atoms with Crippen LogP contribution in [0.15, 0.2) is 12.1 Å². The number of hydrogen-bond donors (Lipinski definition) is 1. The maximum Gasteiger partial charge on any atom is 0.188 e. The molecule has 0 radical (unpaired) electrons. The summed E-state index contributed by atoms with van der Waals surface area (Å²) in [5.74, 6) is 1.89. The molecule has 86 valence electrons. The van der Waals surface area contributed by atoms with E-state index in [0.29, 0.717) is 5.90 Å². The van der Waals surface area contributed by atoms with Gasteiger partial charge >= 0.3 is 0 Å². The van der Waals surface area contributed by atoms with E-state index < -0.39 is 0 Å². The van der Waals surface area contributed by atoms with Gasteiger partial charge in [0, 0.05) is 5.56 Å². The predicted molar refractivity (Wildman–Crippen MR) is 60.7 cm³/mol. The zero-order valence-corrected chi connectivity index (χ0v) is 9.66. The lowest BCUT2D eigenvalue weighted by Crippen LogP contribution is -2.26. The van der Waals surface area contributed by atoms with Crippen LogP contribution in [0, 0.1) is 5.41 Å². The maximum absolute atomic E-state index is 7.66. The Morgan fingerprint density at radius 1 is 1.25 bits per heavy atom. The lowest BCUT2D eigenvalue weighted by atomic mass is 9.76. The zero-order valence-electron chi connectivity index (χ0n) is 9.66. The molecule has 0 spiro atoms. The molecule has 1 aromatic rings. The molecule has 1 aliphatic rings. The normalized spacial score (nSPS) is 17.1. The van der Waals surface area contributed by atoms with Crippen LogP contribution in [0.5, 0.6) is 11.5 Å². The van der Waals surface area contributed by atoms with Crippen LogP contribution in [0.2, 0.25) is 0 Å². The Labute approximate surface area is 94.6 Å². The van der Waals surface area contributed by atoms with Gasteiger partial charge in [-0.25, -0.2) is 0 Å². The molecule has 0 bridgehead atoms. The monoisotopic (exact) mass is 221 g/mol. The van der Waals surface area contributed by atoms with Crippen molar-refractivity contribution in [2.24, 2.45) is 0 Å². The largest absolute Gasteiger partial charge is 0.493 e. The molecular weight excluding hydrogens is 206 g/mol. The van der Waals surface area contributed by atoms with E-state index in [1.807, 2.05) is 12.1 Å². The van der Waals surface area contributed by atoms with E-state index in [-0.39, 0.29) is 5.92 Å². The SMILES string of the molecule is COC(=N)C1Cc2c1ccc(OC)c2OC. The van der Waals surface area contributed by atoms with E-state index in [2.05, 4.69) is 0 Å². The molecule has 4 nitrogen and oxygen atoms in total. The third kappa shape index (κ3) is 1.41. The Bertz CT molecular complexity index is 429. The molecule has 0 saturated carbocycles. The first-order valence-electron chi connectivity index (χ1n) is 5.09. The van der Waals surface area contributed by atoms with Crippen molar-refractivity contribution in [1.29, 1.82) is 5.41 Å². The lowest BCUT2D eigenvalue weighted by molar-refractivity contribution is 0.341. The molecule has 1 atom stereocenters. The first-order valence-corrected chi connectivity index (χ1v) is 5.09.